The number of hydrogen-bond acceptors (Lipinski definition) is 6. The molecule has 30 heavy (non-hydrogen) atoms. The van der Waals surface area contributed by atoms with Crippen LogP contribution in [0.5, 0.6) is 5.75 Å². The SMILES string of the molecule is CCOc1ccc(-c2cc(=O)n(CCNC(=O)Cn3nc(C)ccc3=O)cn2)cc1. The number of carbonyl (C=O) groups is 1. The lowest BCUT2D eigenvalue weighted by Crippen LogP contribution is -2.36. The first kappa shape index (κ1) is 21.0. The summed E-state index contributed by atoms with van der Waals surface area (Å²) in [6.07, 6.45) is 1.45. The van der Waals surface area contributed by atoms with Gasteiger partial charge < -0.3 is 10.1 Å². The Morgan fingerprint density at radius 2 is 1.87 bits per heavy atom. The monoisotopic (exact) mass is 409 g/mol. The average molecular weight is 409 g/mol. The maximum atomic E-state index is 12.4. The molecular formula is C21H23N5O4. The van der Waals surface area contributed by atoms with E-state index in [-0.39, 0.29) is 36.7 Å². The molecule has 0 radical (unpaired) electrons. The molecule has 0 aliphatic carbocycles. The number of nitrogens with zero attached hydrogens (tertiary/aromatic N) is 4. The maximum Gasteiger partial charge on any atom is 0.267 e. The number of aromatic nitrogens is 4. The normalized spacial score (nSPS) is 10.6. The number of amides is 1. The van der Waals surface area contributed by atoms with Crippen molar-refractivity contribution in [2.24, 2.45) is 0 Å². The molecule has 1 amide bonds. The van der Waals surface area contributed by atoms with Crippen LogP contribution in [0.4, 0.5) is 0 Å². The Hall–Kier alpha value is -3.75. The maximum absolute atomic E-state index is 12.4. The van der Waals surface area contributed by atoms with E-state index in [1.165, 1.54) is 23.0 Å². The fourth-order valence-corrected chi connectivity index (χ4v) is 2.81. The zero-order valence-electron chi connectivity index (χ0n) is 16.9. The number of benzene rings is 1. The van der Waals surface area contributed by atoms with Crippen LogP contribution in [0.15, 0.2) is 58.4 Å². The Morgan fingerprint density at radius 1 is 1.10 bits per heavy atom. The minimum Gasteiger partial charge on any atom is -0.494 e. The van der Waals surface area contributed by atoms with Crippen LogP contribution in [0, 0.1) is 6.92 Å². The molecule has 2 heterocycles. The highest BCUT2D eigenvalue weighted by Gasteiger charge is 2.07. The molecular weight excluding hydrogens is 386 g/mol. The van der Waals surface area contributed by atoms with Crippen LogP contribution < -0.4 is 21.2 Å². The molecule has 1 aromatic carbocycles. The minimum absolute atomic E-state index is 0.176. The summed E-state index contributed by atoms with van der Waals surface area (Å²) in [6, 6.07) is 11.8. The van der Waals surface area contributed by atoms with Crippen molar-refractivity contribution in [3.63, 3.8) is 0 Å². The van der Waals surface area contributed by atoms with Crippen LogP contribution >= 0.6 is 0 Å². The van der Waals surface area contributed by atoms with Gasteiger partial charge in [-0.05, 0) is 44.2 Å². The van der Waals surface area contributed by atoms with Gasteiger partial charge in [0.2, 0.25) is 5.91 Å². The Labute approximate surface area is 173 Å². The molecule has 0 atom stereocenters. The molecule has 0 spiro atoms. The van der Waals surface area contributed by atoms with E-state index in [2.05, 4.69) is 15.4 Å². The molecule has 0 bridgehead atoms. The van der Waals surface area contributed by atoms with E-state index in [4.69, 9.17) is 4.74 Å². The Bertz CT molecular complexity index is 1140. The highest BCUT2D eigenvalue weighted by atomic mass is 16.5. The molecule has 9 nitrogen and oxygen atoms in total. The van der Waals surface area contributed by atoms with E-state index in [9.17, 15) is 14.4 Å². The number of nitrogens with one attached hydrogen (secondary N) is 1. The van der Waals surface area contributed by atoms with Gasteiger partial charge in [-0.25, -0.2) is 9.67 Å². The Kier molecular flexibility index (Phi) is 6.74. The van der Waals surface area contributed by atoms with Gasteiger partial charge in [0.15, 0.2) is 0 Å². The summed E-state index contributed by atoms with van der Waals surface area (Å²) in [5.74, 6) is 0.399. The fourth-order valence-electron chi connectivity index (χ4n) is 2.81. The molecule has 156 valence electrons. The standard InChI is InChI=1S/C21H23N5O4/c1-3-30-17-7-5-16(6-8-17)18-12-21(29)25(14-23-18)11-10-22-19(27)13-26-20(28)9-4-15(2)24-26/h4-9,12,14H,3,10-11,13H2,1-2H3,(H,22,27). The number of rotatable bonds is 8. The largest absolute Gasteiger partial charge is 0.494 e. The molecule has 2 aromatic heterocycles. The molecule has 0 aliphatic heterocycles. The van der Waals surface area contributed by atoms with Crippen LogP contribution in [-0.2, 0) is 17.9 Å². The van der Waals surface area contributed by atoms with Gasteiger partial charge in [0.1, 0.15) is 12.3 Å². The van der Waals surface area contributed by atoms with Crippen LogP contribution in [0.25, 0.3) is 11.3 Å². The van der Waals surface area contributed by atoms with Gasteiger partial charge in [-0.2, -0.15) is 5.10 Å². The Balaban J connectivity index is 1.57. The van der Waals surface area contributed by atoms with Gasteiger partial charge in [0, 0.05) is 30.8 Å². The highest BCUT2D eigenvalue weighted by Crippen LogP contribution is 2.19. The summed E-state index contributed by atoms with van der Waals surface area (Å²) in [5.41, 5.74) is 1.45. The lowest BCUT2D eigenvalue weighted by molar-refractivity contribution is -0.121. The van der Waals surface area contributed by atoms with E-state index in [1.54, 1.807) is 13.0 Å². The smallest absolute Gasteiger partial charge is 0.267 e. The molecule has 0 aliphatic rings. The lowest BCUT2D eigenvalue weighted by atomic mass is 10.1. The molecule has 0 saturated carbocycles. The van der Waals surface area contributed by atoms with Crippen molar-refractivity contribution >= 4 is 5.91 Å². The van der Waals surface area contributed by atoms with E-state index < -0.39 is 0 Å². The summed E-state index contributed by atoms with van der Waals surface area (Å²) >= 11 is 0. The van der Waals surface area contributed by atoms with Crippen molar-refractivity contribution in [3.05, 3.63) is 75.2 Å². The quantitative estimate of drug-likeness (QED) is 0.594. The zero-order chi connectivity index (χ0) is 21.5. The highest BCUT2D eigenvalue weighted by molar-refractivity contribution is 5.75. The molecule has 3 aromatic rings. The predicted molar refractivity (Wildman–Crippen MR) is 111 cm³/mol. The van der Waals surface area contributed by atoms with Crippen molar-refractivity contribution in [1.29, 1.82) is 0 Å². The third-order valence-electron chi connectivity index (χ3n) is 4.31. The third-order valence-corrected chi connectivity index (χ3v) is 4.31. The summed E-state index contributed by atoms with van der Waals surface area (Å²) in [6.45, 7) is 4.55. The number of ether oxygens (including phenoxy) is 1. The average Bonchev–Trinajstić information content (AvgIpc) is 2.73. The summed E-state index contributed by atoms with van der Waals surface area (Å²) in [5, 5.41) is 6.70. The molecule has 1 N–H and O–H groups in total. The minimum atomic E-state index is -0.359. The van der Waals surface area contributed by atoms with Crippen molar-refractivity contribution < 1.29 is 9.53 Å². The first-order valence-electron chi connectivity index (χ1n) is 9.57. The summed E-state index contributed by atoms with van der Waals surface area (Å²) in [7, 11) is 0. The predicted octanol–water partition coefficient (Wildman–Crippen LogP) is 0.991. The number of aryl methyl sites for hydroxylation is 1. The first-order chi connectivity index (χ1) is 14.5. The van der Waals surface area contributed by atoms with E-state index in [1.807, 2.05) is 31.2 Å². The zero-order valence-corrected chi connectivity index (χ0v) is 16.9. The van der Waals surface area contributed by atoms with Gasteiger partial charge in [0.05, 0.1) is 24.3 Å². The van der Waals surface area contributed by atoms with E-state index in [0.29, 0.717) is 18.0 Å². The van der Waals surface area contributed by atoms with Crippen LogP contribution in [-0.4, -0.2) is 38.4 Å². The van der Waals surface area contributed by atoms with Crippen molar-refractivity contribution in [1.82, 2.24) is 24.6 Å². The lowest BCUT2D eigenvalue weighted by Gasteiger charge is -2.09. The topological polar surface area (TPSA) is 108 Å². The Morgan fingerprint density at radius 3 is 2.57 bits per heavy atom. The molecule has 0 saturated heterocycles. The van der Waals surface area contributed by atoms with Gasteiger partial charge in [-0.15, -0.1) is 0 Å². The van der Waals surface area contributed by atoms with E-state index >= 15 is 0 Å². The molecule has 0 unspecified atom stereocenters. The van der Waals surface area contributed by atoms with Crippen LogP contribution in [0.1, 0.15) is 12.6 Å². The molecule has 0 fully saturated rings. The van der Waals surface area contributed by atoms with Crippen LogP contribution in [0.3, 0.4) is 0 Å². The van der Waals surface area contributed by atoms with Crippen molar-refractivity contribution in [2.75, 3.05) is 13.2 Å². The van der Waals surface area contributed by atoms with Crippen molar-refractivity contribution in [3.8, 4) is 17.0 Å². The second-order valence-electron chi connectivity index (χ2n) is 6.58. The first-order valence-corrected chi connectivity index (χ1v) is 9.57. The van der Waals surface area contributed by atoms with Gasteiger partial charge >= 0.3 is 0 Å². The van der Waals surface area contributed by atoms with Crippen LogP contribution in [0.2, 0.25) is 0 Å². The number of carbonyl (C=O) groups excluding carboxylic acids is 1. The third kappa shape index (κ3) is 5.40. The second-order valence-corrected chi connectivity index (χ2v) is 6.58. The summed E-state index contributed by atoms with van der Waals surface area (Å²) in [4.78, 5) is 40.4. The fraction of sp³-hybridized carbons (Fsp3) is 0.286. The van der Waals surface area contributed by atoms with Crippen molar-refractivity contribution in [2.45, 2.75) is 26.9 Å². The van der Waals surface area contributed by atoms with Gasteiger partial charge in [-0.3, -0.25) is 19.0 Å². The van der Waals surface area contributed by atoms with E-state index in [0.717, 1.165) is 16.0 Å². The second kappa shape index (κ2) is 9.64. The molecule has 9 heteroatoms. The van der Waals surface area contributed by atoms with Gasteiger partial charge in [0.25, 0.3) is 11.1 Å². The molecule has 3 rings (SSSR count). The number of hydrogen-bond donors (Lipinski definition) is 1. The van der Waals surface area contributed by atoms with Gasteiger partial charge in [-0.1, -0.05) is 0 Å². The summed E-state index contributed by atoms with van der Waals surface area (Å²) < 4.78 is 7.92.